The third-order valence-electron chi connectivity index (χ3n) is 3.48. The highest BCUT2D eigenvalue weighted by Crippen LogP contribution is 2.29. The summed E-state index contributed by atoms with van der Waals surface area (Å²) >= 11 is 0. The first-order valence-electron chi connectivity index (χ1n) is 7.01. The number of rotatable bonds is 5. The summed E-state index contributed by atoms with van der Waals surface area (Å²) in [4.78, 5) is 4.26. The van der Waals surface area contributed by atoms with Gasteiger partial charge in [0.25, 0.3) is 0 Å². The van der Waals surface area contributed by atoms with E-state index in [0.29, 0.717) is 19.2 Å². The van der Waals surface area contributed by atoms with E-state index in [0.717, 1.165) is 12.2 Å². The van der Waals surface area contributed by atoms with Crippen LogP contribution in [0.1, 0.15) is 23.6 Å². The van der Waals surface area contributed by atoms with Gasteiger partial charge in [0.1, 0.15) is 0 Å². The Hall–Kier alpha value is -1.81. The quantitative estimate of drug-likeness (QED) is 0.852. The Labute approximate surface area is 120 Å². The topological polar surface area (TPSA) is 53.1 Å². The Morgan fingerprint density at radius 3 is 2.45 bits per heavy atom. The standard InChI is InChI=1S/C16H23N3O/c1-5-20-7-6-19-14(10-18-16(19)17)15-12(3)8-11(2)9-13(15)4/h8-10H,5-7H2,1-4H3,(H2,17,18). The van der Waals surface area contributed by atoms with Gasteiger partial charge in [-0.25, -0.2) is 4.98 Å². The Balaban J connectivity index is 2.43. The molecule has 2 N–H and O–H groups in total. The minimum atomic E-state index is 0.541. The van der Waals surface area contributed by atoms with Gasteiger partial charge in [-0.3, -0.25) is 0 Å². The summed E-state index contributed by atoms with van der Waals surface area (Å²) in [5.74, 6) is 0.541. The molecule has 0 saturated heterocycles. The van der Waals surface area contributed by atoms with E-state index in [4.69, 9.17) is 10.5 Å². The first kappa shape index (κ1) is 14.6. The van der Waals surface area contributed by atoms with Crippen molar-refractivity contribution in [2.75, 3.05) is 18.9 Å². The number of nitrogen functional groups attached to an aromatic ring is 1. The monoisotopic (exact) mass is 273 g/mol. The lowest BCUT2D eigenvalue weighted by Crippen LogP contribution is -2.11. The minimum Gasteiger partial charge on any atom is -0.380 e. The van der Waals surface area contributed by atoms with Crippen molar-refractivity contribution < 1.29 is 4.74 Å². The number of imidazole rings is 1. The van der Waals surface area contributed by atoms with Gasteiger partial charge in [-0.15, -0.1) is 0 Å². The van der Waals surface area contributed by atoms with Crippen LogP contribution in [0.2, 0.25) is 0 Å². The maximum Gasteiger partial charge on any atom is 0.200 e. The van der Waals surface area contributed by atoms with Gasteiger partial charge in [0, 0.05) is 18.7 Å². The zero-order valence-electron chi connectivity index (χ0n) is 12.7. The van der Waals surface area contributed by atoms with E-state index in [9.17, 15) is 0 Å². The SMILES string of the molecule is CCOCCn1c(-c2c(C)cc(C)cc2C)cnc1N. The van der Waals surface area contributed by atoms with Crippen molar-refractivity contribution in [3.05, 3.63) is 35.0 Å². The van der Waals surface area contributed by atoms with Crippen LogP contribution in [0.5, 0.6) is 0 Å². The number of hydrogen-bond acceptors (Lipinski definition) is 3. The van der Waals surface area contributed by atoms with E-state index in [1.807, 2.05) is 17.7 Å². The predicted molar refractivity (Wildman–Crippen MR) is 82.8 cm³/mol. The molecule has 0 aliphatic carbocycles. The van der Waals surface area contributed by atoms with Crippen molar-refractivity contribution in [2.24, 2.45) is 0 Å². The zero-order chi connectivity index (χ0) is 14.7. The summed E-state index contributed by atoms with van der Waals surface area (Å²) < 4.78 is 7.46. The van der Waals surface area contributed by atoms with Gasteiger partial charge in [0.05, 0.1) is 18.5 Å². The molecule has 108 valence electrons. The summed E-state index contributed by atoms with van der Waals surface area (Å²) in [5.41, 5.74) is 12.0. The first-order chi connectivity index (χ1) is 9.54. The molecule has 0 aliphatic heterocycles. The second kappa shape index (κ2) is 6.09. The molecule has 4 heteroatoms. The van der Waals surface area contributed by atoms with Crippen molar-refractivity contribution in [3.8, 4) is 11.3 Å². The van der Waals surface area contributed by atoms with Crippen LogP contribution < -0.4 is 5.73 Å². The number of anilines is 1. The highest BCUT2D eigenvalue weighted by molar-refractivity contribution is 5.69. The van der Waals surface area contributed by atoms with E-state index < -0.39 is 0 Å². The maximum absolute atomic E-state index is 5.99. The van der Waals surface area contributed by atoms with Crippen LogP contribution in [0.3, 0.4) is 0 Å². The number of hydrogen-bond donors (Lipinski definition) is 1. The van der Waals surface area contributed by atoms with Crippen LogP contribution in [0.25, 0.3) is 11.3 Å². The smallest absolute Gasteiger partial charge is 0.200 e. The average molecular weight is 273 g/mol. The Morgan fingerprint density at radius 1 is 1.20 bits per heavy atom. The van der Waals surface area contributed by atoms with Gasteiger partial charge in [-0.05, 0) is 38.8 Å². The van der Waals surface area contributed by atoms with Gasteiger partial charge in [-0.1, -0.05) is 17.7 Å². The van der Waals surface area contributed by atoms with Crippen LogP contribution in [-0.4, -0.2) is 22.8 Å². The van der Waals surface area contributed by atoms with E-state index in [1.165, 1.54) is 22.3 Å². The third kappa shape index (κ3) is 2.85. The summed E-state index contributed by atoms with van der Waals surface area (Å²) in [6.07, 6.45) is 1.85. The number of nitrogens with two attached hydrogens (primary N) is 1. The van der Waals surface area contributed by atoms with E-state index in [2.05, 4.69) is 37.9 Å². The van der Waals surface area contributed by atoms with Crippen molar-refractivity contribution in [2.45, 2.75) is 34.2 Å². The fourth-order valence-electron chi connectivity index (χ4n) is 2.71. The lowest BCUT2D eigenvalue weighted by atomic mass is 9.97. The van der Waals surface area contributed by atoms with E-state index in [1.54, 1.807) is 0 Å². The van der Waals surface area contributed by atoms with Crippen LogP contribution in [-0.2, 0) is 11.3 Å². The molecule has 0 atom stereocenters. The van der Waals surface area contributed by atoms with Crippen LogP contribution in [0, 0.1) is 20.8 Å². The van der Waals surface area contributed by atoms with Crippen molar-refractivity contribution in [1.82, 2.24) is 9.55 Å². The first-order valence-corrected chi connectivity index (χ1v) is 7.01. The third-order valence-corrected chi connectivity index (χ3v) is 3.48. The number of nitrogens with zero attached hydrogens (tertiary/aromatic N) is 2. The van der Waals surface area contributed by atoms with Gasteiger partial charge in [0.2, 0.25) is 5.95 Å². The molecule has 0 radical (unpaired) electrons. The maximum atomic E-state index is 5.99. The van der Waals surface area contributed by atoms with Gasteiger partial charge in [0.15, 0.2) is 0 Å². The molecule has 0 saturated carbocycles. The van der Waals surface area contributed by atoms with Crippen LogP contribution >= 0.6 is 0 Å². The molecule has 0 spiro atoms. The Morgan fingerprint density at radius 2 is 1.85 bits per heavy atom. The Bertz CT molecular complexity index is 579. The molecule has 2 rings (SSSR count). The molecule has 1 heterocycles. The highest BCUT2D eigenvalue weighted by Gasteiger charge is 2.14. The molecular formula is C16H23N3O. The fraction of sp³-hybridized carbons (Fsp3) is 0.438. The van der Waals surface area contributed by atoms with Gasteiger partial charge < -0.3 is 15.0 Å². The minimum absolute atomic E-state index is 0.541. The average Bonchev–Trinajstić information content (AvgIpc) is 2.71. The Kier molecular flexibility index (Phi) is 4.45. The van der Waals surface area contributed by atoms with Gasteiger partial charge in [-0.2, -0.15) is 0 Å². The second-order valence-electron chi connectivity index (χ2n) is 5.12. The van der Waals surface area contributed by atoms with Crippen LogP contribution in [0.15, 0.2) is 18.3 Å². The summed E-state index contributed by atoms with van der Waals surface area (Å²) in [5, 5.41) is 0. The molecule has 0 bridgehead atoms. The van der Waals surface area contributed by atoms with Gasteiger partial charge >= 0.3 is 0 Å². The molecule has 2 aromatic rings. The van der Waals surface area contributed by atoms with E-state index in [-0.39, 0.29) is 0 Å². The van der Waals surface area contributed by atoms with Crippen LogP contribution in [0.4, 0.5) is 5.95 Å². The lowest BCUT2D eigenvalue weighted by Gasteiger charge is -2.15. The predicted octanol–water partition coefficient (Wildman–Crippen LogP) is 3.09. The fourth-order valence-corrected chi connectivity index (χ4v) is 2.71. The number of benzene rings is 1. The highest BCUT2D eigenvalue weighted by atomic mass is 16.5. The summed E-state index contributed by atoms with van der Waals surface area (Å²) in [7, 11) is 0. The number of ether oxygens (including phenoxy) is 1. The molecule has 1 aromatic carbocycles. The van der Waals surface area contributed by atoms with Crippen molar-refractivity contribution >= 4 is 5.95 Å². The molecule has 4 nitrogen and oxygen atoms in total. The molecule has 0 aliphatic rings. The molecule has 0 unspecified atom stereocenters. The lowest BCUT2D eigenvalue weighted by molar-refractivity contribution is 0.139. The summed E-state index contributed by atoms with van der Waals surface area (Å²) in [6, 6.07) is 4.39. The molecule has 0 amide bonds. The van der Waals surface area contributed by atoms with Crippen molar-refractivity contribution in [3.63, 3.8) is 0 Å². The molecular weight excluding hydrogens is 250 g/mol. The molecule has 20 heavy (non-hydrogen) atoms. The molecule has 1 aromatic heterocycles. The number of aryl methyl sites for hydroxylation is 3. The largest absolute Gasteiger partial charge is 0.380 e. The van der Waals surface area contributed by atoms with E-state index >= 15 is 0 Å². The summed E-state index contributed by atoms with van der Waals surface area (Å²) in [6.45, 7) is 10.5. The molecule has 0 fully saturated rings. The zero-order valence-corrected chi connectivity index (χ0v) is 12.7. The second-order valence-corrected chi connectivity index (χ2v) is 5.12. The van der Waals surface area contributed by atoms with Crippen molar-refractivity contribution in [1.29, 1.82) is 0 Å². The number of aromatic nitrogens is 2. The normalized spacial score (nSPS) is 11.0.